The maximum absolute atomic E-state index is 10.7. The van der Waals surface area contributed by atoms with E-state index in [9.17, 15) is 10.1 Å². The minimum absolute atomic E-state index is 0.0470. The first kappa shape index (κ1) is 12.6. The van der Waals surface area contributed by atoms with Crippen LogP contribution >= 0.6 is 0 Å². The molecule has 19 heavy (non-hydrogen) atoms. The van der Waals surface area contributed by atoms with Crippen molar-refractivity contribution in [2.75, 3.05) is 0 Å². The summed E-state index contributed by atoms with van der Waals surface area (Å²) in [5.74, 6) is 1.28. The molecule has 2 aromatic rings. The molecule has 0 radical (unpaired) electrons. The summed E-state index contributed by atoms with van der Waals surface area (Å²) < 4.78 is 5.35. The summed E-state index contributed by atoms with van der Waals surface area (Å²) in [6.07, 6.45) is 1.56. The van der Waals surface area contributed by atoms with E-state index in [1.807, 2.05) is 6.07 Å². The summed E-state index contributed by atoms with van der Waals surface area (Å²) in [6.45, 7) is 1.80. The molecule has 1 aromatic carbocycles. The molecular weight excluding hydrogens is 244 g/mol. The quantitative estimate of drug-likeness (QED) is 0.476. The van der Waals surface area contributed by atoms with E-state index in [-0.39, 0.29) is 5.69 Å². The molecule has 0 spiro atoms. The number of hydrogen-bond donors (Lipinski definition) is 0. The third-order valence-electron chi connectivity index (χ3n) is 2.54. The molecule has 0 fully saturated rings. The van der Waals surface area contributed by atoms with Gasteiger partial charge in [-0.2, -0.15) is 5.26 Å². The van der Waals surface area contributed by atoms with Gasteiger partial charge in [0.15, 0.2) is 0 Å². The van der Waals surface area contributed by atoms with Crippen molar-refractivity contribution in [3.05, 3.63) is 63.6 Å². The van der Waals surface area contributed by atoms with E-state index < -0.39 is 4.92 Å². The largest absolute Gasteiger partial charge is 0.462 e. The normalized spacial score (nSPS) is 11.1. The molecule has 0 aliphatic heterocycles. The molecule has 1 heterocycles. The van der Waals surface area contributed by atoms with Gasteiger partial charge < -0.3 is 4.42 Å². The van der Waals surface area contributed by atoms with Crippen molar-refractivity contribution >= 4 is 17.3 Å². The number of nitriles is 1. The highest BCUT2D eigenvalue weighted by Crippen LogP contribution is 2.22. The van der Waals surface area contributed by atoms with E-state index in [1.54, 1.807) is 37.3 Å². The molecule has 0 saturated carbocycles. The Hall–Kier alpha value is -2.87. The van der Waals surface area contributed by atoms with Crippen LogP contribution in [0.25, 0.3) is 11.6 Å². The monoisotopic (exact) mass is 254 g/mol. The fourth-order valence-corrected chi connectivity index (χ4v) is 1.64. The average Bonchev–Trinajstić information content (AvgIpc) is 2.81. The van der Waals surface area contributed by atoms with E-state index in [4.69, 9.17) is 9.68 Å². The van der Waals surface area contributed by atoms with E-state index in [1.165, 1.54) is 12.1 Å². The minimum Gasteiger partial charge on any atom is -0.462 e. The Kier molecular flexibility index (Phi) is 3.44. The summed E-state index contributed by atoms with van der Waals surface area (Å²) in [6, 6.07) is 11.5. The molecule has 0 saturated heterocycles. The van der Waals surface area contributed by atoms with Gasteiger partial charge in [-0.15, -0.1) is 0 Å². The number of furan rings is 1. The van der Waals surface area contributed by atoms with Crippen LogP contribution in [0.2, 0.25) is 0 Å². The van der Waals surface area contributed by atoms with Gasteiger partial charge in [0.2, 0.25) is 0 Å². The molecule has 0 atom stereocenters. The Morgan fingerprint density at radius 2 is 2.21 bits per heavy atom. The highest BCUT2D eigenvalue weighted by molar-refractivity contribution is 5.89. The van der Waals surface area contributed by atoms with Crippen molar-refractivity contribution in [2.45, 2.75) is 6.92 Å². The molecule has 0 amide bonds. The van der Waals surface area contributed by atoms with Crippen LogP contribution in [0, 0.1) is 28.4 Å². The van der Waals surface area contributed by atoms with Crippen LogP contribution in [-0.2, 0) is 0 Å². The molecule has 5 heteroatoms. The van der Waals surface area contributed by atoms with E-state index in [0.717, 1.165) is 5.76 Å². The van der Waals surface area contributed by atoms with Gasteiger partial charge in [0, 0.05) is 12.1 Å². The van der Waals surface area contributed by atoms with Crippen LogP contribution in [0.15, 0.2) is 40.8 Å². The SMILES string of the molecule is Cc1ccc(/C=C(/C#N)c2cccc([N+](=O)[O-])c2)o1. The van der Waals surface area contributed by atoms with Crippen molar-refractivity contribution in [3.63, 3.8) is 0 Å². The molecule has 94 valence electrons. The number of allylic oxidation sites excluding steroid dienone is 1. The summed E-state index contributed by atoms with van der Waals surface area (Å²) in [4.78, 5) is 10.2. The molecule has 0 bridgehead atoms. The minimum atomic E-state index is -0.491. The third kappa shape index (κ3) is 2.87. The smallest absolute Gasteiger partial charge is 0.270 e. The van der Waals surface area contributed by atoms with Gasteiger partial charge >= 0.3 is 0 Å². The van der Waals surface area contributed by atoms with Crippen LogP contribution < -0.4 is 0 Å². The first-order valence-corrected chi connectivity index (χ1v) is 5.53. The second-order valence-corrected chi connectivity index (χ2v) is 3.93. The van der Waals surface area contributed by atoms with Crippen LogP contribution in [0.5, 0.6) is 0 Å². The van der Waals surface area contributed by atoms with Gasteiger partial charge in [-0.25, -0.2) is 0 Å². The highest BCUT2D eigenvalue weighted by atomic mass is 16.6. The van der Waals surface area contributed by atoms with Crippen molar-refractivity contribution in [3.8, 4) is 6.07 Å². The lowest BCUT2D eigenvalue weighted by Crippen LogP contribution is -1.89. The summed E-state index contributed by atoms with van der Waals surface area (Å²) in [5, 5.41) is 19.9. The molecule has 2 rings (SSSR count). The van der Waals surface area contributed by atoms with Crippen molar-refractivity contribution in [1.29, 1.82) is 5.26 Å². The first-order chi connectivity index (χ1) is 9.10. The van der Waals surface area contributed by atoms with E-state index >= 15 is 0 Å². The summed E-state index contributed by atoms with van der Waals surface area (Å²) in [5.41, 5.74) is 0.762. The lowest BCUT2D eigenvalue weighted by Gasteiger charge is -1.98. The standard InChI is InChI=1S/C14H10N2O3/c1-10-5-6-14(19-10)8-12(9-15)11-3-2-4-13(7-11)16(17)18/h2-8H,1H3/b12-8-. The lowest BCUT2D eigenvalue weighted by molar-refractivity contribution is -0.384. The summed E-state index contributed by atoms with van der Waals surface area (Å²) in [7, 11) is 0. The zero-order valence-corrected chi connectivity index (χ0v) is 10.2. The van der Waals surface area contributed by atoms with E-state index in [2.05, 4.69) is 0 Å². The Morgan fingerprint density at radius 1 is 1.42 bits per heavy atom. The Bertz CT molecular complexity index is 693. The number of hydrogen-bond acceptors (Lipinski definition) is 4. The van der Waals surface area contributed by atoms with Gasteiger partial charge in [-0.3, -0.25) is 10.1 Å². The maximum atomic E-state index is 10.7. The Labute approximate surface area is 109 Å². The number of aryl methyl sites for hydroxylation is 1. The van der Waals surface area contributed by atoms with E-state index in [0.29, 0.717) is 16.9 Å². The average molecular weight is 254 g/mol. The maximum Gasteiger partial charge on any atom is 0.270 e. The molecule has 5 nitrogen and oxygen atoms in total. The lowest BCUT2D eigenvalue weighted by atomic mass is 10.1. The van der Waals surface area contributed by atoms with Gasteiger partial charge in [0.1, 0.15) is 11.5 Å². The van der Waals surface area contributed by atoms with Crippen LogP contribution in [0.1, 0.15) is 17.1 Å². The fourth-order valence-electron chi connectivity index (χ4n) is 1.64. The molecule has 1 aromatic heterocycles. The molecule has 0 unspecified atom stereocenters. The summed E-state index contributed by atoms with van der Waals surface area (Å²) >= 11 is 0. The number of rotatable bonds is 3. The highest BCUT2D eigenvalue weighted by Gasteiger charge is 2.09. The predicted molar refractivity (Wildman–Crippen MR) is 70.0 cm³/mol. The van der Waals surface area contributed by atoms with Crippen LogP contribution in [0.3, 0.4) is 0 Å². The van der Waals surface area contributed by atoms with Crippen LogP contribution in [0.4, 0.5) is 5.69 Å². The number of nitro benzene ring substituents is 1. The van der Waals surface area contributed by atoms with Gasteiger partial charge in [-0.1, -0.05) is 12.1 Å². The van der Waals surface area contributed by atoms with Crippen LogP contribution in [-0.4, -0.2) is 4.92 Å². The van der Waals surface area contributed by atoms with Crippen molar-refractivity contribution < 1.29 is 9.34 Å². The number of nitro groups is 1. The zero-order valence-electron chi connectivity index (χ0n) is 10.2. The number of non-ortho nitro benzene ring substituents is 1. The number of nitrogens with zero attached hydrogens (tertiary/aromatic N) is 2. The zero-order chi connectivity index (χ0) is 13.8. The fraction of sp³-hybridized carbons (Fsp3) is 0.0714. The van der Waals surface area contributed by atoms with Gasteiger partial charge in [-0.05, 0) is 30.7 Å². The second kappa shape index (κ2) is 5.19. The van der Waals surface area contributed by atoms with Gasteiger partial charge in [0.05, 0.1) is 16.6 Å². The molecule has 0 N–H and O–H groups in total. The molecule has 0 aliphatic rings. The number of benzene rings is 1. The first-order valence-electron chi connectivity index (χ1n) is 5.53. The topological polar surface area (TPSA) is 80.1 Å². The van der Waals surface area contributed by atoms with Crippen molar-refractivity contribution in [1.82, 2.24) is 0 Å². The molecular formula is C14H10N2O3. The van der Waals surface area contributed by atoms with Gasteiger partial charge in [0.25, 0.3) is 5.69 Å². The third-order valence-corrected chi connectivity index (χ3v) is 2.54. The second-order valence-electron chi connectivity index (χ2n) is 3.93. The van der Waals surface area contributed by atoms with Crippen molar-refractivity contribution in [2.24, 2.45) is 0 Å². The molecule has 0 aliphatic carbocycles. The Morgan fingerprint density at radius 3 is 2.79 bits per heavy atom. The Balaban J connectivity index is 2.43. The predicted octanol–water partition coefficient (Wildman–Crippen LogP) is 3.56.